The molecule has 0 radical (unpaired) electrons. The maximum absolute atomic E-state index is 5.75. The highest BCUT2D eigenvalue weighted by molar-refractivity contribution is 5.32. The summed E-state index contributed by atoms with van der Waals surface area (Å²) in [6, 6.07) is 7.89. The van der Waals surface area contributed by atoms with Crippen LogP contribution in [-0.2, 0) is 11.3 Å². The number of nitrogens with two attached hydrogens (primary N) is 1. The molecule has 1 aromatic carbocycles. The first-order chi connectivity index (χ1) is 9.81. The fraction of sp³-hybridized carbons (Fsp3) is 0.529. The summed E-state index contributed by atoms with van der Waals surface area (Å²) >= 11 is 0. The van der Waals surface area contributed by atoms with E-state index in [1.54, 1.807) is 0 Å². The van der Waals surface area contributed by atoms with Gasteiger partial charge in [-0.15, -0.1) is 0 Å². The van der Waals surface area contributed by atoms with Gasteiger partial charge in [0.2, 0.25) is 0 Å². The van der Waals surface area contributed by atoms with Crippen LogP contribution < -0.4 is 10.5 Å². The Labute approximate surface area is 121 Å². The highest BCUT2D eigenvalue weighted by atomic mass is 16.5. The van der Waals surface area contributed by atoms with Crippen molar-refractivity contribution in [1.29, 1.82) is 0 Å². The second-order valence-electron chi connectivity index (χ2n) is 5.42. The van der Waals surface area contributed by atoms with E-state index in [0.29, 0.717) is 25.7 Å². The quantitative estimate of drug-likeness (QED) is 0.614. The van der Waals surface area contributed by atoms with E-state index in [0.717, 1.165) is 30.3 Å². The van der Waals surface area contributed by atoms with Crippen molar-refractivity contribution in [2.75, 3.05) is 19.8 Å². The summed E-state index contributed by atoms with van der Waals surface area (Å²) in [7, 11) is 0. The number of hydrogen-bond acceptors (Lipinski definition) is 3. The smallest absolute Gasteiger partial charge is 0.123 e. The third kappa shape index (κ3) is 4.36. The second-order valence-corrected chi connectivity index (χ2v) is 5.42. The van der Waals surface area contributed by atoms with Crippen molar-refractivity contribution >= 4 is 0 Å². The molecule has 2 N–H and O–H groups in total. The van der Waals surface area contributed by atoms with E-state index in [4.69, 9.17) is 15.2 Å². The first-order valence-electron chi connectivity index (χ1n) is 7.44. The first-order valence-corrected chi connectivity index (χ1v) is 7.44. The Morgan fingerprint density at radius 3 is 2.75 bits per heavy atom. The summed E-state index contributed by atoms with van der Waals surface area (Å²) in [6.07, 6.45) is 6.85. The Balaban J connectivity index is 1.65. The summed E-state index contributed by atoms with van der Waals surface area (Å²) < 4.78 is 11.5. The maximum Gasteiger partial charge on any atom is 0.123 e. The van der Waals surface area contributed by atoms with Crippen LogP contribution >= 0.6 is 0 Å². The minimum Gasteiger partial charge on any atom is -0.491 e. The van der Waals surface area contributed by atoms with Gasteiger partial charge in [-0.2, -0.15) is 0 Å². The Morgan fingerprint density at radius 1 is 1.15 bits per heavy atom. The number of ether oxygens (including phenoxy) is 2. The molecule has 0 amide bonds. The lowest BCUT2D eigenvalue weighted by Crippen LogP contribution is -2.21. The van der Waals surface area contributed by atoms with Crippen LogP contribution in [0.5, 0.6) is 5.75 Å². The molecule has 0 heterocycles. The predicted octanol–water partition coefficient (Wildman–Crippen LogP) is 3.14. The summed E-state index contributed by atoms with van der Waals surface area (Å²) in [5, 5.41) is 0. The first kappa shape index (κ1) is 15.1. The molecular formula is C17H25NO2. The van der Waals surface area contributed by atoms with E-state index >= 15 is 0 Å². The molecule has 0 bridgehead atoms. The van der Waals surface area contributed by atoms with E-state index in [1.807, 2.05) is 24.3 Å². The minimum atomic E-state index is 0.503. The van der Waals surface area contributed by atoms with Crippen molar-refractivity contribution in [3.8, 4) is 5.75 Å². The van der Waals surface area contributed by atoms with Gasteiger partial charge in [-0.3, -0.25) is 0 Å². The van der Waals surface area contributed by atoms with Crippen LogP contribution in [-0.4, -0.2) is 19.8 Å². The molecule has 1 aliphatic rings. The fourth-order valence-electron chi connectivity index (χ4n) is 2.50. The SMILES string of the molecule is CC1CC=CCC1COCCOc1ccccc1CN. The molecule has 110 valence electrons. The summed E-state index contributed by atoms with van der Waals surface area (Å²) in [6.45, 7) is 4.83. The molecule has 3 heteroatoms. The number of benzene rings is 1. The third-order valence-corrected chi connectivity index (χ3v) is 3.93. The standard InChI is InChI=1S/C17H25NO2/c1-14-6-2-3-8-16(14)13-19-10-11-20-17-9-5-4-7-15(17)12-18/h2-5,7,9,14,16H,6,8,10-13,18H2,1H3. The second kappa shape index (κ2) is 8.08. The molecule has 20 heavy (non-hydrogen) atoms. The zero-order chi connectivity index (χ0) is 14.2. The molecule has 1 aromatic rings. The molecule has 3 nitrogen and oxygen atoms in total. The zero-order valence-electron chi connectivity index (χ0n) is 12.3. The van der Waals surface area contributed by atoms with Gasteiger partial charge in [0.1, 0.15) is 12.4 Å². The number of rotatable bonds is 7. The van der Waals surface area contributed by atoms with Gasteiger partial charge >= 0.3 is 0 Å². The minimum absolute atomic E-state index is 0.503. The molecular weight excluding hydrogens is 250 g/mol. The van der Waals surface area contributed by atoms with Gasteiger partial charge in [-0.25, -0.2) is 0 Å². The van der Waals surface area contributed by atoms with E-state index in [2.05, 4.69) is 19.1 Å². The van der Waals surface area contributed by atoms with E-state index in [-0.39, 0.29) is 0 Å². The number of hydrogen-bond donors (Lipinski definition) is 1. The lowest BCUT2D eigenvalue weighted by atomic mass is 9.85. The largest absolute Gasteiger partial charge is 0.491 e. The summed E-state index contributed by atoms with van der Waals surface area (Å²) in [5.74, 6) is 2.24. The highest BCUT2D eigenvalue weighted by Gasteiger charge is 2.18. The third-order valence-electron chi connectivity index (χ3n) is 3.93. The summed E-state index contributed by atoms with van der Waals surface area (Å²) in [5.41, 5.74) is 6.72. The Morgan fingerprint density at radius 2 is 1.95 bits per heavy atom. The molecule has 2 unspecified atom stereocenters. The number of allylic oxidation sites excluding steroid dienone is 2. The van der Waals surface area contributed by atoms with Crippen molar-refractivity contribution in [3.05, 3.63) is 42.0 Å². The van der Waals surface area contributed by atoms with E-state index in [9.17, 15) is 0 Å². The van der Waals surface area contributed by atoms with Crippen LogP contribution in [0, 0.1) is 11.8 Å². The fourth-order valence-corrected chi connectivity index (χ4v) is 2.50. The molecule has 0 spiro atoms. The van der Waals surface area contributed by atoms with Crippen molar-refractivity contribution in [2.24, 2.45) is 17.6 Å². The van der Waals surface area contributed by atoms with Gasteiger partial charge in [-0.1, -0.05) is 37.3 Å². The van der Waals surface area contributed by atoms with E-state index in [1.165, 1.54) is 6.42 Å². The molecule has 1 aliphatic carbocycles. The van der Waals surface area contributed by atoms with Crippen LogP contribution in [0.15, 0.2) is 36.4 Å². The van der Waals surface area contributed by atoms with Crippen LogP contribution in [0.2, 0.25) is 0 Å². The number of para-hydroxylation sites is 1. The molecule has 0 saturated heterocycles. The average molecular weight is 275 g/mol. The summed E-state index contributed by atoms with van der Waals surface area (Å²) in [4.78, 5) is 0. The normalized spacial score (nSPS) is 21.9. The van der Waals surface area contributed by atoms with Crippen molar-refractivity contribution in [2.45, 2.75) is 26.3 Å². The Kier molecular flexibility index (Phi) is 6.09. The van der Waals surface area contributed by atoms with Crippen LogP contribution in [0.25, 0.3) is 0 Å². The zero-order valence-corrected chi connectivity index (χ0v) is 12.3. The van der Waals surface area contributed by atoms with Crippen LogP contribution in [0.1, 0.15) is 25.3 Å². The van der Waals surface area contributed by atoms with Crippen LogP contribution in [0.4, 0.5) is 0 Å². The molecule has 0 aromatic heterocycles. The molecule has 2 atom stereocenters. The molecule has 2 rings (SSSR count). The van der Waals surface area contributed by atoms with Gasteiger partial charge in [0.05, 0.1) is 13.2 Å². The maximum atomic E-state index is 5.75. The lowest BCUT2D eigenvalue weighted by Gasteiger charge is -2.24. The van der Waals surface area contributed by atoms with Gasteiger partial charge in [0.15, 0.2) is 0 Å². The highest BCUT2D eigenvalue weighted by Crippen LogP contribution is 2.25. The van der Waals surface area contributed by atoms with Crippen molar-refractivity contribution < 1.29 is 9.47 Å². The predicted molar refractivity (Wildman–Crippen MR) is 81.7 cm³/mol. The Bertz CT molecular complexity index is 431. The van der Waals surface area contributed by atoms with E-state index < -0.39 is 0 Å². The van der Waals surface area contributed by atoms with Gasteiger partial charge in [-0.05, 0) is 30.7 Å². The van der Waals surface area contributed by atoms with Crippen molar-refractivity contribution in [3.63, 3.8) is 0 Å². The van der Waals surface area contributed by atoms with Crippen LogP contribution in [0.3, 0.4) is 0 Å². The topological polar surface area (TPSA) is 44.5 Å². The molecule has 0 fully saturated rings. The van der Waals surface area contributed by atoms with Gasteiger partial charge < -0.3 is 15.2 Å². The van der Waals surface area contributed by atoms with Crippen molar-refractivity contribution in [1.82, 2.24) is 0 Å². The molecule has 0 aliphatic heterocycles. The lowest BCUT2D eigenvalue weighted by molar-refractivity contribution is 0.0584. The van der Waals surface area contributed by atoms with Gasteiger partial charge in [0, 0.05) is 12.1 Å². The Hall–Kier alpha value is -1.32. The molecule has 0 saturated carbocycles. The average Bonchev–Trinajstić information content (AvgIpc) is 2.49. The monoisotopic (exact) mass is 275 g/mol. The van der Waals surface area contributed by atoms with Gasteiger partial charge in [0.25, 0.3) is 0 Å².